The van der Waals surface area contributed by atoms with Crippen LogP contribution in [-0.2, 0) is 6.54 Å². The van der Waals surface area contributed by atoms with E-state index in [0.717, 1.165) is 11.3 Å². The largest absolute Gasteiger partial charge is 0.468 e. The van der Waals surface area contributed by atoms with E-state index in [4.69, 9.17) is 15.4 Å². The van der Waals surface area contributed by atoms with Crippen LogP contribution in [0.25, 0.3) is 0 Å². The van der Waals surface area contributed by atoms with Gasteiger partial charge in [-0.3, -0.25) is 4.90 Å². The van der Waals surface area contributed by atoms with E-state index in [1.54, 1.807) is 12.3 Å². The van der Waals surface area contributed by atoms with Crippen LogP contribution in [0.15, 0.2) is 47.1 Å². The first-order valence-corrected chi connectivity index (χ1v) is 6.60. The molecule has 0 spiro atoms. The summed E-state index contributed by atoms with van der Waals surface area (Å²) in [6.07, 6.45) is 1.66. The Morgan fingerprint density at radius 1 is 1.35 bits per heavy atom. The maximum atomic E-state index is 8.95. The van der Waals surface area contributed by atoms with Crippen molar-refractivity contribution < 1.29 is 4.42 Å². The summed E-state index contributed by atoms with van der Waals surface area (Å²) in [6.45, 7) is 2.68. The van der Waals surface area contributed by atoms with E-state index in [-0.39, 0.29) is 12.1 Å². The number of furan rings is 1. The van der Waals surface area contributed by atoms with Crippen molar-refractivity contribution in [2.24, 2.45) is 5.73 Å². The van der Waals surface area contributed by atoms with E-state index in [2.05, 4.69) is 11.0 Å². The average Bonchev–Trinajstić information content (AvgIpc) is 2.92. The second-order valence-corrected chi connectivity index (χ2v) is 5.05. The lowest BCUT2D eigenvalue weighted by atomic mass is 10.0. The molecule has 2 rings (SSSR count). The molecule has 104 valence electrons. The van der Waals surface area contributed by atoms with E-state index in [9.17, 15) is 0 Å². The standard InChI is InChI=1S/C16H19N3O/c1-12(18)16(15-7-4-8-20-15)19(2)11-14-6-3-5-13(9-14)10-17/h3-9,12,16H,11,18H2,1-2H3. The van der Waals surface area contributed by atoms with Gasteiger partial charge in [0, 0.05) is 12.6 Å². The van der Waals surface area contributed by atoms with Gasteiger partial charge in [0.25, 0.3) is 0 Å². The molecule has 0 saturated carbocycles. The Balaban J connectivity index is 2.16. The molecule has 0 radical (unpaired) electrons. The molecule has 1 aromatic heterocycles. The van der Waals surface area contributed by atoms with Crippen molar-refractivity contribution in [1.82, 2.24) is 4.90 Å². The van der Waals surface area contributed by atoms with Gasteiger partial charge < -0.3 is 10.2 Å². The molecule has 0 saturated heterocycles. The molecular formula is C16H19N3O. The Hall–Kier alpha value is -2.09. The number of benzene rings is 1. The maximum Gasteiger partial charge on any atom is 0.122 e. The minimum absolute atomic E-state index is 0.00995. The molecule has 4 nitrogen and oxygen atoms in total. The summed E-state index contributed by atoms with van der Waals surface area (Å²) < 4.78 is 5.49. The molecule has 2 unspecified atom stereocenters. The zero-order chi connectivity index (χ0) is 14.5. The Kier molecular flexibility index (Phi) is 4.57. The molecule has 2 aromatic rings. The van der Waals surface area contributed by atoms with E-state index in [0.29, 0.717) is 12.1 Å². The molecule has 1 heterocycles. The summed E-state index contributed by atoms with van der Waals surface area (Å²) in [5.41, 5.74) is 7.84. The SMILES string of the molecule is CC(N)C(c1ccco1)N(C)Cc1cccc(C#N)c1. The quantitative estimate of drug-likeness (QED) is 0.906. The molecule has 0 fully saturated rings. The van der Waals surface area contributed by atoms with Crippen LogP contribution in [0, 0.1) is 11.3 Å². The summed E-state index contributed by atoms with van der Waals surface area (Å²) in [6, 6.07) is 13.5. The highest BCUT2D eigenvalue weighted by Gasteiger charge is 2.23. The van der Waals surface area contributed by atoms with Gasteiger partial charge in [-0.05, 0) is 43.8 Å². The molecule has 0 aliphatic rings. The van der Waals surface area contributed by atoms with Crippen LogP contribution in [0.1, 0.15) is 29.9 Å². The molecule has 20 heavy (non-hydrogen) atoms. The van der Waals surface area contributed by atoms with Gasteiger partial charge in [0.2, 0.25) is 0 Å². The minimum Gasteiger partial charge on any atom is -0.468 e. The van der Waals surface area contributed by atoms with E-state index < -0.39 is 0 Å². The first-order chi connectivity index (χ1) is 9.61. The van der Waals surface area contributed by atoms with Gasteiger partial charge in [-0.25, -0.2) is 0 Å². The number of hydrogen-bond acceptors (Lipinski definition) is 4. The predicted octanol–water partition coefficient (Wildman–Crippen LogP) is 2.67. The summed E-state index contributed by atoms with van der Waals surface area (Å²) >= 11 is 0. The van der Waals surface area contributed by atoms with Crippen molar-refractivity contribution in [3.05, 3.63) is 59.5 Å². The van der Waals surface area contributed by atoms with Crippen molar-refractivity contribution >= 4 is 0 Å². The lowest BCUT2D eigenvalue weighted by Gasteiger charge is -2.29. The summed E-state index contributed by atoms with van der Waals surface area (Å²) in [5, 5.41) is 8.95. The smallest absolute Gasteiger partial charge is 0.122 e. The summed E-state index contributed by atoms with van der Waals surface area (Å²) in [4.78, 5) is 2.14. The highest BCUT2D eigenvalue weighted by molar-refractivity contribution is 5.32. The van der Waals surface area contributed by atoms with Crippen molar-refractivity contribution in [3.8, 4) is 6.07 Å². The van der Waals surface area contributed by atoms with Crippen molar-refractivity contribution in [2.45, 2.75) is 25.6 Å². The first kappa shape index (κ1) is 14.3. The van der Waals surface area contributed by atoms with Crippen molar-refractivity contribution in [3.63, 3.8) is 0 Å². The second kappa shape index (κ2) is 6.38. The number of nitriles is 1. The Morgan fingerprint density at radius 3 is 2.75 bits per heavy atom. The molecule has 4 heteroatoms. The van der Waals surface area contributed by atoms with Crippen LogP contribution in [0.3, 0.4) is 0 Å². The van der Waals surface area contributed by atoms with E-state index in [1.165, 1.54) is 0 Å². The second-order valence-electron chi connectivity index (χ2n) is 5.05. The highest BCUT2D eigenvalue weighted by atomic mass is 16.3. The third-order valence-electron chi connectivity index (χ3n) is 3.30. The molecule has 2 N–H and O–H groups in total. The molecule has 0 amide bonds. The van der Waals surface area contributed by atoms with Crippen LogP contribution in [-0.4, -0.2) is 18.0 Å². The number of nitrogens with zero attached hydrogens (tertiary/aromatic N) is 2. The number of likely N-dealkylation sites (N-methyl/N-ethyl adjacent to an activating group) is 1. The number of nitrogens with two attached hydrogens (primary N) is 1. The van der Waals surface area contributed by atoms with E-state index >= 15 is 0 Å². The Labute approximate surface area is 119 Å². The van der Waals surface area contributed by atoms with Gasteiger partial charge in [-0.15, -0.1) is 0 Å². The number of hydrogen-bond donors (Lipinski definition) is 1. The van der Waals surface area contributed by atoms with Crippen LogP contribution in [0.2, 0.25) is 0 Å². The third-order valence-corrected chi connectivity index (χ3v) is 3.30. The maximum absolute atomic E-state index is 8.95. The molecular weight excluding hydrogens is 250 g/mol. The van der Waals surface area contributed by atoms with Gasteiger partial charge in [0.1, 0.15) is 5.76 Å². The Bertz CT molecular complexity index is 584. The fourth-order valence-electron chi connectivity index (χ4n) is 2.46. The van der Waals surface area contributed by atoms with Gasteiger partial charge in [-0.2, -0.15) is 5.26 Å². The summed E-state index contributed by atoms with van der Waals surface area (Å²) in [5.74, 6) is 0.860. The average molecular weight is 269 g/mol. The van der Waals surface area contributed by atoms with Crippen LogP contribution >= 0.6 is 0 Å². The molecule has 0 aliphatic carbocycles. The number of rotatable bonds is 5. The molecule has 2 atom stereocenters. The van der Waals surface area contributed by atoms with Crippen LogP contribution in [0.4, 0.5) is 0 Å². The molecule has 1 aromatic carbocycles. The topological polar surface area (TPSA) is 66.2 Å². The zero-order valence-corrected chi connectivity index (χ0v) is 11.8. The zero-order valence-electron chi connectivity index (χ0n) is 11.8. The van der Waals surface area contributed by atoms with Crippen LogP contribution < -0.4 is 5.73 Å². The first-order valence-electron chi connectivity index (χ1n) is 6.60. The highest BCUT2D eigenvalue weighted by Crippen LogP contribution is 2.24. The van der Waals surface area contributed by atoms with E-state index in [1.807, 2.05) is 44.3 Å². The normalized spacial score (nSPS) is 13.9. The lowest BCUT2D eigenvalue weighted by Crippen LogP contribution is -2.36. The lowest BCUT2D eigenvalue weighted by molar-refractivity contribution is 0.184. The van der Waals surface area contributed by atoms with Gasteiger partial charge in [-0.1, -0.05) is 12.1 Å². The van der Waals surface area contributed by atoms with Gasteiger partial charge in [0.05, 0.1) is 23.9 Å². The molecule has 0 bridgehead atoms. The molecule has 0 aliphatic heterocycles. The monoisotopic (exact) mass is 269 g/mol. The minimum atomic E-state index is -0.0506. The van der Waals surface area contributed by atoms with Crippen molar-refractivity contribution in [2.75, 3.05) is 7.05 Å². The van der Waals surface area contributed by atoms with Crippen LogP contribution in [0.5, 0.6) is 0 Å². The Morgan fingerprint density at radius 2 is 2.15 bits per heavy atom. The van der Waals surface area contributed by atoms with Crippen molar-refractivity contribution in [1.29, 1.82) is 5.26 Å². The fraction of sp³-hybridized carbons (Fsp3) is 0.312. The predicted molar refractivity (Wildman–Crippen MR) is 77.7 cm³/mol. The third kappa shape index (κ3) is 3.27. The van der Waals surface area contributed by atoms with Gasteiger partial charge >= 0.3 is 0 Å². The fourth-order valence-corrected chi connectivity index (χ4v) is 2.46. The summed E-state index contributed by atoms with van der Waals surface area (Å²) in [7, 11) is 2.01. The van der Waals surface area contributed by atoms with Gasteiger partial charge in [0.15, 0.2) is 0 Å².